The first-order valence-corrected chi connectivity index (χ1v) is 5.61. The van der Waals surface area contributed by atoms with Gasteiger partial charge in [-0.2, -0.15) is 0 Å². The summed E-state index contributed by atoms with van der Waals surface area (Å²) in [5, 5.41) is 0. The van der Waals surface area contributed by atoms with E-state index in [9.17, 15) is 4.39 Å². The van der Waals surface area contributed by atoms with Gasteiger partial charge in [-0.25, -0.2) is 4.39 Å². The van der Waals surface area contributed by atoms with Crippen molar-refractivity contribution in [2.75, 3.05) is 13.2 Å². The second-order valence-corrected chi connectivity index (χ2v) is 4.53. The molecule has 1 saturated heterocycles. The molecule has 0 amide bonds. The van der Waals surface area contributed by atoms with Crippen LogP contribution in [0, 0.1) is 5.82 Å². The van der Waals surface area contributed by atoms with Crippen LogP contribution in [-0.4, -0.2) is 13.2 Å². The highest BCUT2D eigenvalue weighted by molar-refractivity contribution is 5.30. The van der Waals surface area contributed by atoms with Crippen LogP contribution >= 0.6 is 0 Å². The fourth-order valence-electron chi connectivity index (χ4n) is 1.95. The summed E-state index contributed by atoms with van der Waals surface area (Å²) in [6, 6.07) is 5.05. The molecular formula is C13H17FO2. The average Bonchev–Trinajstić information content (AvgIpc) is 2.66. The highest BCUT2D eigenvalue weighted by Gasteiger charge is 2.33. The molecule has 16 heavy (non-hydrogen) atoms. The zero-order valence-electron chi connectivity index (χ0n) is 9.92. The van der Waals surface area contributed by atoms with Crippen LogP contribution in [0.3, 0.4) is 0 Å². The van der Waals surface area contributed by atoms with Crippen LogP contribution in [0.15, 0.2) is 18.2 Å². The van der Waals surface area contributed by atoms with E-state index in [0.717, 1.165) is 5.56 Å². The van der Waals surface area contributed by atoms with Crippen LogP contribution in [0.25, 0.3) is 0 Å². The van der Waals surface area contributed by atoms with Crippen molar-refractivity contribution < 1.29 is 13.9 Å². The number of halogens is 1. The lowest BCUT2D eigenvalue weighted by Gasteiger charge is -2.24. The zero-order valence-corrected chi connectivity index (χ0v) is 9.92. The maximum absolute atomic E-state index is 13.6. The fraction of sp³-hybridized carbons (Fsp3) is 0.538. The molecule has 0 unspecified atom stereocenters. The third-order valence-corrected chi connectivity index (χ3v) is 2.98. The SMILES string of the molecule is CC(C)c1cc(C2(C)OCCO2)ccc1F. The number of hydrogen-bond acceptors (Lipinski definition) is 2. The highest BCUT2D eigenvalue weighted by atomic mass is 19.1. The second-order valence-electron chi connectivity index (χ2n) is 4.53. The van der Waals surface area contributed by atoms with Gasteiger partial charge in [-0.15, -0.1) is 0 Å². The Bertz CT molecular complexity index is 382. The maximum atomic E-state index is 13.6. The van der Waals surface area contributed by atoms with E-state index in [1.165, 1.54) is 6.07 Å². The van der Waals surface area contributed by atoms with Crippen LogP contribution in [0.4, 0.5) is 4.39 Å². The molecule has 0 aromatic heterocycles. The Kier molecular flexibility index (Phi) is 3.00. The van der Waals surface area contributed by atoms with Crippen molar-refractivity contribution >= 4 is 0 Å². The average molecular weight is 224 g/mol. The van der Waals surface area contributed by atoms with Gasteiger partial charge < -0.3 is 9.47 Å². The molecule has 0 radical (unpaired) electrons. The summed E-state index contributed by atoms with van der Waals surface area (Å²) in [5.41, 5.74) is 1.59. The molecule has 1 heterocycles. The lowest BCUT2D eigenvalue weighted by atomic mass is 9.97. The van der Waals surface area contributed by atoms with Gasteiger partial charge in [0.25, 0.3) is 0 Å². The minimum atomic E-state index is -0.711. The minimum Gasteiger partial charge on any atom is -0.344 e. The molecular weight excluding hydrogens is 207 g/mol. The fourth-order valence-corrected chi connectivity index (χ4v) is 1.95. The smallest absolute Gasteiger partial charge is 0.192 e. The van der Waals surface area contributed by atoms with Crippen molar-refractivity contribution in [2.45, 2.75) is 32.5 Å². The van der Waals surface area contributed by atoms with Gasteiger partial charge in [0.15, 0.2) is 5.79 Å². The molecule has 2 rings (SSSR count). The van der Waals surface area contributed by atoms with Gasteiger partial charge in [0.2, 0.25) is 0 Å². The second kappa shape index (κ2) is 4.15. The van der Waals surface area contributed by atoms with E-state index >= 15 is 0 Å². The topological polar surface area (TPSA) is 18.5 Å². The Morgan fingerprint density at radius 1 is 1.25 bits per heavy atom. The summed E-state index contributed by atoms with van der Waals surface area (Å²) >= 11 is 0. The summed E-state index contributed by atoms with van der Waals surface area (Å²) in [4.78, 5) is 0. The molecule has 3 heteroatoms. The first-order chi connectivity index (χ1) is 7.53. The summed E-state index contributed by atoms with van der Waals surface area (Å²) in [6.07, 6.45) is 0. The highest BCUT2D eigenvalue weighted by Crippen LogP contribution is 2.33. The van der Waals surface area contributed by atoms with Gasteiger partial charge in [0.05, 0.1) is 13.2 Å². The molecule has 88 valence electrons. The van der Waals surface area contributed by atoms with Crippen LogP contribution in [0.2, 0.25) is 0 Å². The molecule has 1 aromatic carbocycles. The van der Waals surface area contributed by atoms with Crippen LogP contribution in [-0.2, 0) is 15.3 Å². The number of hydrogen-bond donors (Lipinski definition) is 0. The quantitative estimate of drug-likeness (QED) is 0.768. The van der Waals surface area contributed by atoms with E-state index in [1.807, 2.05) is 26.8 Å². The Morgan fingerprint density at radius 3 is 2.44 bits per heavy atom. The number of rotatable bonds is 2. The van der Waals surface area contributed by atoms with Crippen molar-refractivity contribution in [1.29, 1.82) is 0 Å². The van der Waals surface area contributed by atoms with Gasteiger partial charge in [-0.1, -0.05) is 19.9 Å². The van der Waals surface area contributed by atoms with Crippen molar-refractivity contribution in [1.82, 2.24) is 0 Å². The standard InChI is InChI=1S/C13H17FO2/c1-9(2)11-8-10(4-5-12(11)14)13(3)15-6-7-16-13/h4-5,8-9H,6-7H2,1-3H3. The van der Waals surface area contributed by atoms with E-state index in [4.69, 9.17) is 9.47 Å². The predicted octanol–water partition coefficient (Wildman–Crippen LogP) is 3.17. The maximum Gasteiger partial charge on any atom is 0.192 e. The zero-order chi connectivity index (χ0) is 11.8. The molecule has 0 saturated carbocycles. The van der Waals surface area contributed by atoms with Gasteiger partial charge >= 0.3 is 0 Å². The molecule has 0 N–H and O–H groups in total. The third kappa shape index (κ3) is 1.97. The number of ether oxygens (including phenoxy) is 2. The van der Waals surface area contributed by atoms with Gasteiger partial charge in [0, 0.05) is 5.56 Å². The molecule has 1 aliphatic heterocycles. The monoisotopic (exact) mass is 224 g/mol. The largest absolute Gasteiger partial charge is 0.344 e. The minimum absolute atomic E-state index is 0.157. The van der Waals surface area contributed by atoms with Gasteiger partial charge in [-0.3, -0.25) is 0 Å². The first-order valence-electron chi connectivity index (χ1n) is 5.61. The third-order valence-electron chi connectivity index (χ3n) is 2.98. The lowest BCUT2D eigenvalue weighted by molar-refractivity contribution is -0.149. The van der Waals surface area contributed by atoms with Gasteiger partial charge in [0.1, 0.15) is 5.82 Å². The van der Waals surface area contributed by atoms with E-state index in [-0.39, 0.29) is 11.7 Å². The van der Waals surface area contributed by atoms with Crippen molar-refractivity contribution in [3.63, 3.8) is 0 Å². The molecule has 0 bridgehead atoms. The Morgan fingerprint density at radius 2 is 1.88 bits per heavy atom. The summed E-state index contributed by atoms with van der Waals surface area (Å²) in [7, 11) is 0. The van der Waals surface area contributed by atoms with Crippen molar-refractivity contribution in [2.24, 2.45) is 0 Å². The van der Waals surface area contributed by atoms with E-state index in [2.05, 4.69) is 0 Å². The van der Waals surface area contributed by atoms with Crippen molar-refractivity contribution in [3.8, 4) is 0 Å². The Labute approximate surface area is 95.4 Å². The molecule has 0 aliphatic carbocycles. The van der Waals surface area contributed by atoms with Crippen LogP contribution in [0.1, 0.15) is 37.8 Å². The summed E-state index contributed by atoms with van der Waals surface area (Å²) in [6.45, 7) is 6.99. The van der Waals surface area contributed by atoms with E-state index in [1.54, 1.807) is 6.07 Å². The van der Waals surface area contributed by atoms with Crippen LogP contribution < -0.4 is 0 Å². The molecule has 2 nitrogen and oxygen atoms in total. The Balaban J connectivity index is 2.39. The molecule has 0 spiro atoms. The lowest BCUT2D eigenvalue weighted by Crippen LogP contribution is -2.22. The summed E-state index contributed by atoms with van der Waals surface area (Å²) in [5.74, 6) is -0.720. The van der Waals surface area contributed by atoms with Gasteiger partial charge in [-0.05, 0) is 30.5 Å². The first kappa shape index (κ1) is 11.6. The molecule has 1 fully saturated rings. The number of benzene rings is 1. The molecule has 0 atom stereocenters. The Hall–Kier alpha value is -0.930. The van der Waals surface area contributed by atoms with E-state index in [0.29, 0.717) is 18.8 Å². The molecule has 1 aromatic rings. The normalized spacial score (nSPS) is 19.3. The molecule has 1 aliphatic rings. The van der Waals surface area contributed by atoms with E-state index < -0.39 is 5.79 Å². The predicted molar refractivity (Wildman–Crippen MR) is 59.7 cm³/mol. The van der Waals surface area contributed by atoms with Crippen LogP contribution in [0.5, 0.6) is 0 Å². The van der Waals surface area contributed by atoms with Crippen molar-refractivity contribution in [3.05, 3.63) is 35.1 Å². The summed E-state index contributed by atoms with van der Waals surface area (Å²) < 4.78 is 24.7.